The molecular weight excluding hydrogens is 244 g/mol. The largest absolute Gasteiger partial charge is 0.393 e. The highest BCUT2D eigenvalue weighted by Crippen LogP contribution is 2.19. The third kappa shape index (κ3) is 2.79. The van der Waals surface area contributed by atoms with Gasteiger partial charge in [0.1, 0.15) is 0 Å². The second-order valence-electron chi connectivity index (χ2n) is 5.48. The molecule has 2 aliphatic rings. The number of hydrogen-bond donors (Lipinski definition) is 4. The normalized spacial score (nSPS) is 30.7. The number of imidazole rings is 1. The fourth-order valence-corrected chi connectivity index (χ4v) is 2.88. The zero-order valence-electron chi connectivity index (χ0n) is 10.9. The summed E-state index contributed by atoms with van der Waals surface area (Å²) >= 11 is 0. The van der Waals surface area contributed by atoms with Gasteiger partial charge >= 0.3 is 0 Å². The standard InChI is InChI=1S/C13H20N4O2/c18-9-3-1-8(2-4-9)17-13(19)11-5-10-12(6-14-11)16-7-15-10/h7-9,11,14,18H,1-6H2,(H,15,16)(H,17,19). The molecule has 1 aliphatic carbocycles. The minimum atomic E-state index is -0.192. The number of hydrogen-bond acceptors (Lipinski definition) is 4. The lowest BCUT2D eigenvalue weighted by Crippen LogP contribution is -2.51. The Kier molecular flexibility index (Phi) is 3.52. The molecule has 1 saturated carbocycles. The highest BCUT2D eigenvalue weighted by atomic mass is 16.3. The first-order valence-electron chi connectivity index (χ1n) is 6.95. The average Bonchev–Trinajstić information content (AvgIpc) is 2.88. The van der Waals surface area contributed by atoms with Crippen molar-refractivity contribution in [3.05, 3.63) is 17.7 Å². The maximum Gasteiger partial charge on any atom is 0.237 e. The van der Waals surface area contributed by atoms with Crippen molar-refractivity contribution in [2.75, 3.05) is 0 Å². The van der Waals surface area contributed by atoms with E-state index in [9.17, 15) is 9.90 Å². The fraction of sp³-hybridized carbons (Fsp3) is 0.692. The molecule has 0 spiro atoms. The van der Waals surface area contributed by atoms with Crippen LogP contribution in [0, 0.1) is 0 Å². The summed E-state index contributed by atoms with van der Waals surface area (Å²) in [6, 6.07) is 0.0148. The maximum absolute atomic E-state index is 12.2. The number of aromatic nitrogens is 2. The topological polar surface area (TPSA) is 90.0 Å². The number of carbonyl (C=O) groups excluding carboxylic acids is 1. The molecule has 1 atom stereocenters. The number of amides is 1. The number of aromatic amines is 1. The van der Waals surface area contributed by atoms with E-state index in [1.165, 1.54) is 0 Å². The van der Waals surface area contributed by atoms with Crippen LogP contribution in [0.4, 0.5) is 0 Å². The van der Waals surface area contributed by atoms with E-state index < -0.39 is 0 Å². The third-order valence-corrected chi connectivity index (χ3v) is 4.09. The molecule has 0 radical (unpaired) electrons. The number of rotatable bonds is 2. The lowest BCUT2D eigenvalue weighted by atomic mass is 9.92. The molecule has 0 saturated heterocycles. The quantitative estimate of drug-likeness (QED) is 0.598. The van der Waals surface area contributed by atoms with Crippen LogP contribution in [-0.4, -0.2) is 39.2 Å². The predicted octanol–water partition coefficient (Wildman–Crippen LogP) is -0.156. The molecule has 19 heavy (non-hydrogen) atoms. The molecule has 1 aliphatic heterocycles. The first-order valence-corrected chi connectivity index (χ1v) is 6.95. The van der Waals surface area contributed by atoms with Crippen LogP contribution in [0.1, 0.15) is 37.1 Å². The molecule has 4 N–H and O–H groups in total. The lowest BCUT2D eigenvalue weighted by molar-refractivity contribution is -0.124. The van der Waals surface area contributed by atoms with Gasteiger partial charge in [-0.2, -0.15) is 0 Å². The first-order chi connectivity index (χ1) is 9.22. The Hall–Kier alpha value is -1.40. The molecular formula is C13H20N4O2. The van der Waals surface area contributed by atoms with Crippen molar-refractivity contribution in [1.82, 2.24) is 20.6 Å². The number of aliphatic hydroxyl groups is 1. The predicted molar refractivity (Wildman–Crippen MR) is 69.3 cm³/mol. The van der Waals surface area contributed by atoms with Crippen molar-refractivity contribution < 1.29 is 9.90 Å². The molecule has 104 valence electrons. The summed E-state index contributed by atoms with van der Waals surface area (Å²) in [5.41, 5.74) is 2.06. The average molecular weight is 264 g/mol. The number of fused-ring (bicyclic) bond motifs is 1. The highest BCUT2D eigenvalue weighted by Gasteiger charge is 2.28. The third-order valence-electron chi connectivity index (χ3n) is 4.09. The minimum absolute atomic E-state index is 0.0510. The zero-order chi connectivity index (χ0) is 13.2. The second kappa shape index (κ2) is 5.30. The van der Waals surface area contributed by atoms with Crippen molar-refractivity contribution >= 4 is 5.91 Å². The molecule has 1 unspecified atom stereocenters. The Bertz CT molecular complexity index is 451. The van der Waals surface area contributed by atoms with Crippen LogP contribution in [0.25, 0.3) is 0 Å². The van der Waals surface area contributed by atoms with Gasteiger partial charge in [-0.25, -0.2) is 4.98 Å². The Labute approximate surface area is 112 Å². The molecule has 1 fully saturated rings. The molecule has 2 heterocycles. The first kappa shape index (κ1) is 12.6. The summed E-state index contributed by atoms with van der Waals surface area (Å²) in [6.07, 6.45) is 5.43. The van der Waals surface area contributed by atoms with Crippen molar-refractivity contribution in [3.8, 4) is 0 Å². The Balaban J connectivity index is 1.54. The Morgan fingerprint density at radius 3 is 2.95 bits per heavy atom. The Morgan fingerprint density at radius 1 is 1.37 bits per heavy atom. The summed E-state index contributed by atoms with van der Waals surface area (Å²) in [7, 11) is 0. The number of nitrogens with one attached hydrogen (secondary N) is 3. The van der Waals surface area contributed by atoms with Gasteiger partial charge in [-0.05, 0) is 25.7 Å². The van der Waals surface area contributed by atoms with Crippen LogP contribution in [0.5, 0.6) is 0 Å². The van der Waals surface area contributed by atoms with E-state index in [2.05, 4.69) is 20.6 Å². The summed E-state index contributed by atoms with van der Waals surface area (Å²) in [5.74, 6) is 0.0510. The van der Waals surface area contributed by atoms with Crippen molar-refractivity contribution in [3.63, 3.8) is 0 Å². The minimum Gasteiger partial charge on any atom is -0.393 e. The summed E-state index contributed by atoms with van der Waals surface area (Å²) in [4.78, 5) is 19.5. The molecule has 0 aromatic carbocycles. The fourth-order valence-electron chi connectivity index (χ4n) is 2.88. The van der Waals surface area contributed by atoms with Gasteiger partial charge in [-0.3, -0.25) is 10.1 Å². The Morgan fingerprint density at radius 2 is 2.16 bits per heavy atom. The van der Waals surface area contributed by atoms with Crippen molar-refractivity contribution in [2.24, 2.45) is 0 Å². The van der Waals surface area contributed by atoms with E-state index in [1.807, 2.05) is 0 Å². The zero-order valence-corrected chi connectivity index (χ0v) is 10.9. The number of nitrogens with zero attached hydrogens (tertiary/aromatic N) is 1. The van der Waals surface area contributed by atoms with E-state index in [0.717, 1.165) is 37.1 Å². The summed E-state index contributed by atoms with van der Waals surface area (Å²) in [6.45, 7) is 0.663. The van der Waals surface area contributed by atoms with E-state index >= 15 is 0 Å². The van der Waals surface area contributed by atoms with Crippen LogP contribution in [0.3, 0.4) is 0 Å². The van der Waals surface area contributed by atoms with Gasteiger partial charge in [0.2, 0.25) is 5.91 Å². The van der Waals surface area contributed by atoms with Gasteiger partial charge in [-0.15, -0.1) is 0 Å². The van der Waals surface area contributed by atoms with Crippen molar-refractivity contribution in [1.29, 1.82) is 0 Å². The van der Waals surface area contributed by atoms with Gasteiger partial charge < -0.3 is 15.4 Å². The van der Waals surface area contributed by atoms with Crippen LogP contribution in [0.15, 0.2) is 6.33 Å². The number of H-pyrrole nitrogens is 1. The second-order valence-corrected chi connectivity index (χ2v) is 5.48. The maximum atomic E-state index is 12.2. The van der Waals surface area contributed by atoms with E-state index in [4.69, 9.17) is 0 Å². The van der Waals surface area contributed by atoms with Crippen LogP contribution in [-0.2, 0) is 17.8 Å². The highest BCUT2D eigenvalue weighted by molar-refractivity contribution is 5.82. The van der Waals surface area contributed by atoms with Crippen LogP contribution < -0.4 is 10.6 Å². The lowest BCUT2D eigenvalue weighted by Gasteiger charge is -2.29. The van der Waals surface area contributed by atoms with E-state index in [-0.39, 0.29) is 24.1 Å². The van der Waals surface area contributed by atoms with Crippen LogP contribution >= 0.6 is 0 Å². The van der Waals surface area contributed by atoms with Gasteiger partial charge in [0.05, 0.1) is 29.9 Å². The van der Waals surface area contributed by atoms with Crippen molar-refractivity contribution in [2.45, 2.75) is 56.8 Å². The van der Waals surface area contributed by atoms with Gasteiger partial charge in [-0.1, -0.05) is 0 Å². The van der Waals surface area contributed by atoms with Gasteiger partial charge in [0.15, 0.2) is 0 Å². The summed E-state index contributed by atoms with van der Waals surface area (Å²) < 4.78 is 0. The molecule has 1 amide bonds. The molecule has 3 rings (SSSR count). The van der Waals surface area contributed by atoms with Gasteiger partial charge in [0.25, 0.3) is 0 Å². The monoisotopic (exact) mass is 264 g/mol. The summed E-state index contributed by atoms with van der Waals surface area (Å²) in [5, 5.41) is 15.8. The molecule has 6 heteroatoms. The van der Waals surface area contributed by atoms with E-state index in [0.29, 0.717) is 13.0 Å². The molecule has 0 bridgehead atoms. The smallest absolute Gasteiger partial charge is 0.237 e. The molecule has 1 aromatic heterocycles. The van der Waals surface area contributed by atoms with E-state index in [1.54, 1.807) is 6.33 Å². The number of aliphatic hydroxyl groups excluding tert-OH is 1. The number of carbonyl (C=O) groups is 1. The van der Waals surface area contributed by atoms with Gasteiger partial charge in [0, 0.05) is 19.0 Å². The SMILES string of the molecule is O=C(NC1CCC(O)CC1)C1Cc2nc[nH]c2CN1. The molecule has 6 nitrogen and oxygen atoms in total. The molecule has 1 aromatic rings. The van der Waals surface area contributed by atoms with Crippen LogP contribution in [0.2, 0.25) is 0 Å².